The second-order valence-corrected chi connectivity index (χ2v) is 19.4. The Hall–Kier alpha value is -7.00. The molecule has 0 saturated heterocycles. The zero-order chi connectivity index (χ0) is 52.7. The van der Waals surface area contributed by atoms with Gasteiger partial charge in [0.2, 0.25) is 17.7 Å². The average molecular weight is 1010 g/mol. The van der Waals surface area contributed by atoms with Crippen molar-refractivity contribution in [1.29, 1.82) is 0 Å². The molecule has 71 heavy (non-hydrogen) atoms. The van der Waals surface area contributed by atoms with E-state index in [1.54, 1.807) is 12.1 Å². The molecule has 0 fully saturated rings. The van der Waals surface area contributed by atoms with Crippen LogP contribution in [0.15, 0.2) is 54.6 Å². The number of nitrogen functional groups attached to an aromatic ring is 1. The zero-order valence-electron chi connectivity index (χ0n) is 39.9. The van der Waals surface area contributed by atoms with Crippen LogP contribution in [0.2, 0.25) is 0 Å². The highest BCUT2D eigenvalue weighted by atomic mass is 32.2. The van der Waals surface area contributed by atoms with Gasteiger partial charge in [0.05, 0.1) is 5.69 Å². The molecule has 1 aliphatic rings. The number of aromatic hydroxyl groups is 1. The standard InChI is InChI=1S/C46H61N11O13S/c1-22-36(39(49)56-40(52-22)25-8-10-27(11-9-25)46(3,4)5)42(62)55-33(19-51-71(50,67)68)44(64)57(6)37-26-15-31(38(60)35(16-26)70-21-29(59)18-48)30-13-24(7-12-34(30)69-20-28(58)17-47)14-32(45(65)66)54-41(61)23(2)53-43(37)63/h7-13,15-16,23,28-29,32-33,37,51,58-60H,14,17-21,47-48H2,1-6H3,(H,53,63)(H,54,61)(H,55,62)(H,65,66)(H2,49,52,56)(H2,50,67,68)/t23-,28-,29-,32-,33-,37-/m0/s1. The van der Waals surface area contributed by atoms with Crippen molar-refractivity contribution in [1.82, 2.24) is 35.5 Å². The number of anilines is 1. The van der Waals surface area contributed by atoms with Gasteiger partial charge in [0.25, 0.3) is 16.1 Å². The van der Waals surface area contributed by atoms with Gasteiger partial charge in [-0.05, 0) is 60.2 Å². The molecular formula is C46H61N11O13S. The number of aliphatic hydroxyl groups excluding tert-OH is 2. The molecule has 2 heterocycles. The van der Waals surface area contributed by atoms with Crippen LogP contribution in [0.1, 0.15) is 66.5 Å². The monoisotopic (exact) mass is 1010 g/mol. The van der Waals surface area contributed by atoms with Crippen molar-refractivity contribution in [3.05, 3.63) is 82.5 Å². The summed E-state index contributed by atoms with van der Waals surface area (Å²) in [6.45, 7) is 6.69. The third-order valence-electron chi connectivity index (χ3n) is 11.4. The van der Waals surface area contributed by atoms with Crippen molar-refractivity contribution in [2.75, 3.05) is 45.6 Å². The Morgan fingerprint density at radius 3 is 2.10 bits per heavy atom. The summed E-state index contributed by atoms with van der Waals surface area (Å²) in [7, 11) is -3.42. The highest BCUT2D eigenvalue weighted by Gasteiger charge is 2.38. The third-order valence-corrected chi connectivity index (χ3v) is 12.0. The normalized spacial score (nSPS) is 17.6. The molecule has 1 aromatic heterocycles. The number of hydrogen-bond acceptors (Lipinski definition) is 17. The van der Waals surface area contributed by atoms with Crippen LogP contribution in [0.25, 0.3) is 22.5 Å². The van der Waals surface area contributed by atoms with Crippen molar-refractivity contribution in [3.63, 3.8) is 0 Å². The smallest absolute Gasteiger partial charge is 0.326 e. The number of carboxylic acid groups (broad SMARTS) is 1. The second kappa shape index (κ2) is 22.8. The van der Waals surface area contributed by atoms with Gasteiger partial charge in [0.1, 0.15) is 66.7 Å². The Labute approximate surface area is 409 Å². The number of phenols is 1. The first-order chi connectivity index (χ1) is 33.2. The van der Waals surface area contributed by atoms with Crippen LogP contribution in [-0.2, 0) is 41.2 Å². The lowest BCUT2D eigenvalue weighted by atomic mass is 9.86. The van der Waals surface area contributed by atoms with Crippen LogP contribution in [0, 0.1) is 6.92 Å². The number of fused-ring (bicyclic) bond motifs is 5. The number of benzene rings is 3. The van der Waals surface area contributed by atoms with E-state index in [-0.39, 0.29) is 82.6 Å². The molecule has 0 aliphatic carbocycles. The van der Waals surface area contributed by atoms with Gasteiger partial charge in [0.15, 0.2) is 17.3 Å². The fourth-order valence-electron chi connectivity index (χ4n) is 7.42. The van der Waals surface area contributed by atoms with Crippen molar-refractivity contribution in [2.24, 2.45) is 16.6 Å². The van der Waals surface area contributed by atoms with Crippen LogP contribution in [0.3, 0.4) is 0 Å². The molecule has 0 radical (unpaired) electrons. The van der Waals surface area contributed by atoms with E-state index >= 15 is 0 Å². The lowest BCUT2D eigenvalue weighted by Crippen LogP contribution is -2.57. The number of carboxylic acids is 1. The van der Waals surface area contributed by atoms with E-state index in [1.165, 1.54) is 38.1 Å². The first-order valence-corrected chi connectivity index (χ1v) is 23.7. The number of aliphatic carboxylic acids is 1. The molecule has 25 heteroatoms. The van der Waals surface area contributed by atoms with E-state index in [0.29, 0.717) is 11.1 Å². The number of rotatable bonds is 17. The summed E-state index contributed by atoms with van der Waals surface area (Å²) in [6.07, 6.45) is -2.72. The van der Waals surface area contributed by atoms with Gasteiger partial charge in [-0.3, -0.25) is 19.2 Å². The number of aryl methyl sites for hydroxylation is 1. The predicted octanol–water partition coefficient (Wildman–Crippen LogP) is -1.18. The first kappa shape index (κ1) is 54.9. The maximum absolute atomic E-state index is 14.9. The second-order valence-electron chi connectivity index (χ2n) is 18.0. The van der Waals surface area contributed by atoms with Crippen LogP contribution in [-0.4, -0.2) is 144 Å². The number of nitrogens with zero attached hydrogens (tertiary/aromatic N) is 3. The summed E-state index contributed by atoms with van der Waals surface area (Å²) in [5.74, 6) is -6.69. The summed E-state index contributed by atoms with van der Waals surface area (Å²) in [4.78, 5) is 79.4. The minimum Gasteiger partial charge on any atom is -0.504 e. The Morgan fingerprint density at radius 1 is 0.915 bits per heavy atom. The molecule has 5 rings (SSSR count). The van der Waals surface area contributed by atoms with Crippen LogP contribution >= 0.6 is 0 Å². The maximum atomic E-state index is 14.9. The van der Waals surface area contributed by atoms with Gasteiger partial charge in [-0.2, -0.15) is 13.1 Å². The van der Waals surface area contributed by atoms with Crippen LogP contribution in [0.4, 0.5) is 5.82 Å². The number of carbonyl (C=O) groups excluding carboxylic acids is 4. The highest BCUT2D eigenvalue weighted by Crippen LogP contribution is 2.45. The molecule has 4 amide bonds. The van der Waals surface area contributed by atoms with Crippen molar-refractivity contribution >= 4 is 45.6 Å². The Balaban J connectivity index is 1.67. The molecule has 0 saturated carbocycles. The fourth-order valence-corrected chi connectivity index (χ4v) is 7.82. The number of amides is 4. The Bertz CT molecular complexity index is 2730. The van der Waals surface area contributed by atoms with E-state index in [0.717, 1.165) is 23.6 Å². The Kier molecular flexibility index (Phi) is 17.7. The third kappa shape index (κ3) is 13.9. The fraction of sp³-hybridized carbons (Fsp3) is 0.413. The summed E-state index contributed by atoms with van der Waals surface area (Å²) < 4.78 is 38.3. The minimum atomic E-state index is -4.54. The minimum absolute atomic E-state index is 0.00516. The summed E-state index contributed by atoms with van der Waals surface area (Å²) in [5, 5.41) is 55.3. The molecule has 0 spiro atoms. The number of carbonyl (C=O) groups is 5. The van der Waals surface area contributed by atoms with E-state index in [4.69, 9.17) is 31.8 Å². The average Bonchev–Trinajstić information content (AvgIpc) is 3.30. The molecule has 3 aromatic carbocycles. The van der Waals surface area contributed by atoms with Gasteiger partial charge in [-0.1, -0.05) is 51.1 Å². The molecular weight excluding hydrogens is 947 g/mol. The number of aliphatic hydroxyl groups is 2. The molecule has 4 aromatic rings. The van der Waals surface area contributed by atoms with Crippen molar-refractivity contribution in [2.45, 2.75) is 82.8 Å². The molecule has 4 bridgehead atoms. The SMILES string of the molecule is Cc1nc(-c2ccc(C(C)(C)C)cc2)nc(N)c1C(=O)N[C@@H](CNS(N)(=O)=O)C(=O)N(C)[C@@H]1C(=O)N[C@@H](C)C(=O)N[C@H](C(=O)O)Cc2ccc(OC[C@@H](O)CN)c(c2)-c2cc1cc(OC[C@@H](O)CN)c2O. The number of nitrogens with one attached hydrogen (secondary N) is 4. The number of aromatic nitrogens is 2. The zero-order valence-corrected chi connectivity index (χ0v) is 40.7. The van der Waals surface area contributed by atoms with Gasteiger partial charge < -0.3 is 68.0 Å². The van der Waals surface area contributed by atoms with Crippen LogP contribution in [0.5, 0.6) is 17.2 Å². The van der Waals surface area contributed by atoms with Crippen molar-refractivity contribution in [3.8, 4) is 39.8 Å². The quantitative estimate of drug-likeness (QED) is 0.0592. The first-order valence-electron chi connectivity index (χ1n) is 22.2. The highest BCUT2D eigenvalue weighted by molar-refractivity contribution is 7.87. The Morgan fingerprint density at radius 2 is 1.54 bits per heavy atom. The van der Waals surface area contributed by atoms with Crippen LogP contribution < -0.4 is 52.5 Å². The molecule has 1 aliphatic heterocycles. The van der Waals surface area contributed by atoms with Gasteiger partial charge >= 0.3 is 5.97 Å². The summed E-state index contributed by atoms with van der Waals surface area (Å²) >= 11 is 0. The van der Waals surface area contributed by atoms with Gasteiger partial charge in [-0.25, -0.2) is 19.9 Å². The molecule has 384 valence electrons. The van der Waals surface area contributed by atoms with E-state index < -0.39 is 95.1 Å². The predicted molar refractivity (Wildman–Crippen MR) is 259 cm³/mol. The van der Waals surface area contributed by atoms with Gasteiger partial charge in [0, 0.05) is 49.8 Å². The topological polar surface area (TPSA) is 400 Å². The number of likely N-dealkylation sites (N-methyl/N-ethyl adjacent to an activating group) is 1. The van der Waals surface area contributed by atoms with Gasteiger partial charge in [-0.15, -0.1) is 0 Å². The molecule has 6 atom stereocenters. The number of nitrogens with two attached hydrogens (primary N) is 4. The lowest BCUT2D eigenvalue weighted by Gasteiger charge is -2.33. The van der Waals surface area contributed by atoms with E-state index in [1.807, 2.05) is 16.9 Å². The number of hydrogen-bond donors (Lipinski definition) is 12. The summed E-state index contributed by atoms with van der Waals surface area (Å²) in [6, 6.07) is 7.41. The van der Waals surface area contributed by atoms with Crippen molar-refractivity contribution < 1.29 is 62.3 Å². The maximum Gasteiger partial charge on any atom is 0.326 e. The molecule has 0 unspecified atom stereocenters. The van der Waals surface area contributed by atoms with E-state index in [9.17, 15) is 52.8 Å². The summed E-state index contributed by atoms with van der Waals surface area (Å²) in [5.41, 5.74) is 19.0. The largest absolute Gasteiger partial charge is 0.504 e. The molecule has 24 nitrogen and oxygen atoms in total. The number of ether oxygens (including phenoxy) is 2. The molecule has 16 N–H and O–H groups in total. The number of phenolic OH excluding ortho intramolecular Hbond substituents is 1. The lowest BCUT2D eigenvalue weighted by molar-refractivity contribution is -0.143. The van der Waals surface area contributed by atoms with E-state index in [2.05, 4.69) is 46.7 Å².